The number of nitrogens with one attached hydrogen (secondary N) is 2. The van der Waals surface area contributed by atoms with Crippen molar-refractivity contribution in [3.8, 4) is 0 Å². The molecule has 1 unspecified atom stereocenters. The van der Waals surface area contributed by atoms with Gasteiger partial charge in [-0.25, -0.2) is 13.1 Å². The molecular weight excluding hydrogens is 254 g/mol. The third-order valence-electron chi connectivity index (χ3n) is 2.53. The minimum Gasteiger partial charge on any atom is -0.398 e. The average molecular weight is 273 g/mol. The van der Waals surface area contributed by atoms with Crippen molar-refractivity contribution in [3.63, 3.8) is 0 Å². The summed E-state index contributed by atoms with van der Waals surface area (Å²) in [5.74, 6) is 0.118. The first-order valence-corrected chi connectivity index (χ1v) is 7.07. The van der Waals surface area contributed by atoms with Crippen LogP contribution in [0, 0.1) is 5.92 Å². The third-order valence-corrected chi connectivity index (χ3v) is 4.02. The number of nitrogens with two attached hydrogens (primary N) is 1. The fourth-order valence-corrected chi connectivity index (χ4v) is 2.21. The topological polar surface area (TPSA) is 104 Å². The number of hydrogen-bond donors (Lipinski definition) is 4. The summed E-state index contributed by atoms with van der Waals surface area (Å²) in [7, 11) is -2.19. The number of hydrogen-bond acceptors (Lipinski definition) is 5. The second-order valence-corrected chi connectivity index (χ2v) is 5.98. The van der Waals surface area contributed by atoms with Crippen molar-refractivity contribution in [1.29, 1.82) is 0 Å². The number of benzene rings is 1. The van der Waals surface area contributed by atoms with Gasteiger partial charge in [0, 0.05) is 18.8 Å². The van der Waals surface area contributed by atoms with E-state index < -0.39 is 10.0 Å². The van der Waals surface area contributed by atoms with Crippen molar-refractivity contribution in [1.82, 2.24) is 4.72 Å². The summed E-state index contributed by atoms with van der Waals surface area (Å²) in [6, 6.07) is 4.66. The summed E-state index contributed by atoms with van der Waals surface area (Å²) in [4.78, 5) is 0.0609. The van der Waals surface area contributed by atoms with Crippen molar-refractivity contribution in [3.05, 3.63) is 18.2 Å². The molecule has 0 bridgehead atoms. The zero-order valence-electron chi connectivity index (χ0n) is 10.5. The van der Waals surface area contributed by atoms with Crippen LogP contribution in [0.25, 0.3) is 0 Å². The maximum absolute atomic E-state index is 11.6. The molecule has 0 radical (unpaired) electrons. The Bertz CT molecular complexity index is 502. The van der Waals surface area contributed by atoms with Crippen molar-refractivity contribution in [2.24, 2.45) is 5.92 Å². The van der Waals surface area contributed by atoms with E-state index in [1.807, 2.05) is 6.92 Å². The fraction of sp³-hybridized carbons (Fsp3) is 0.455. The highest BCUT2D eigenvalue weighted by molar-refractivity contribution is 7.89. The number of aliphatic hydroxyl groups excluding tert-OH is 1. The maximum atomic E-state index is 11.6. The summed E-state index contributed by atoms with van der Waals surface area (Å²) in [6.07, 6.45) is 0. The molecule has 18 heavy (non-hydrogen) atoms. The molecule has 0 aliphatic carbocycles. The highest BCUT2D eigenvalue weighted by Gasteiger charge is 2.15. The van der Waals surface area contributed by atoms with Crippen LogP contribution < -0.4 is 15.8 Å². The summed E-state index contributed by atoms with van der Waals surface area (Å²) < 4.78 is 25.4. The van der Waals surface area contributed by atoms with E-state index in [2.05, 4.69) is 10.0 Å². The zero-order chi connectivity index (χ0) is 13.8. The Morgan fingerprint density at radius 2 is 2.11 bits per heavy atom. The van der Waals surface area contributed by atoms with E-state index in [1.54, 1.807) is 12.1 Å². The summed E-state index contributed by atoms with van der Waals surface area (Å²) >= 11 is 0. The first-order valence-electron chi connectivity index (χ1n) is 5.58. The quantitative estimate of drug-likeness (QED) is 0.555. The first kappa shape index (κ1) is 14.7. The van der Waals surface area contributed by atoms with E-state index in [0.717, 1.165) is 5.69 Å². The molecule has 6 nitrogen and oxygen atoms in total. The second-order valence-electron chi connectivity index (χ2n) is 4.13. The van der Waals surface area contributed by atoms with Gasteiger partial charge < -0.3 is 16.2 Å². The van der Waals surface area contributed by atoms with Crippen LogP contribution in [0.1, 0.15) is 6.92 Å². The molecule has 1 aromatic rings. The number of sulfonamides is 1. The van der Waals surface area contributed by atoms with E-state index >= 15 is 0 Å². The molecule has 1 atom stereocenters. The predicted octanol–water partition coefficient (Wildman–Crippen LogP) is 0.217. The van der Waals surface area contributed by atoms with E-state index in [0.29, 0.717) is 6.54 Å². The molecule has 5 N–H and O–H groups in total. The Morgan fingerprint density at radius 1 is 1.44 bits per heavy atom. The van der Waals surface area contributed by atoms with Crippen LogP contribution in [0.5, 0.6) is 0 Å². The van der Waals surface area contributed by atoms with Gasteiger partial charge >= 0.3 is 0 Å². The molecule has 0 saturated carbocycles. The van der Waals surface area contributed by atoms with Gasteiger partial charge in [-0.1, -0.05) is 6.92 Å². The lowest BCUT2D eigenvalue weighted by molar-refractivity contribution is 0.244. The van der Waals surface area contributed by atoms with Crippen LogP contribution in [0.2, 0.25) is 0 Å². The van der Waals surface area contributed by atoms with E-state index in [4.69, 9.17) is 10.8 Å². The van der Waals surface area contributed by atoms with E-state index in [9.17, 15) is 8.42 Å². The highest BCUT2D eigenvalue weighted by Crippen LogP contribution is 2.22. The Balaban J connectivity index is 2.87. The molecule has 0 aromatic heterocycles. The minimum atomic E-state index is -3.52. The van der Waals surface area contributed by atoms with Crippen molar-refractivity contribution < 1.29 is 13.5 Å². The molecule has 7 heteroatoms. The van der Waals surface area contributed by atoms with Crippen LogP contribution in [-0.2, 0) is 10.0 Å². The molecule has 0 spiro atoms. The number of aliphatic hydroxyl groups is 1. The molecule has 0 aliphatic rings. The van der Waals surface area contributed by atoms with Gasteiger partial charge in [-0.15, -0.1) is 0 Å². The molecule has 0 heterocycles. The van der Waals surface area contributed by atoms with Crippen LogP contribution >= 0.6 is 0 Å². The smallest absolute Gasteiger partial charge is 0.242 e. The maximum Gasteiger partial charge on any atom is 0.242 e. The lowest BCUT2D eigenvalue weighted by Gasteiger charge is -2.13. The molecule has 0 fully saturated rings. The van der Waals surface area contributed by atoms with Crippen molar-refractivity contribution >= 4 is 21.4 Å². The lowest BCUT2D eigenvalue weighted by atomic mass is 10.2. The van der Waals surface area contributed by atoms with Crippen molar-refractivity contribution in [2.75, 3.05) is 31.2 Å². The first-order chi connectivity index (χ1) is 8.40. The van der Waals surface area contributed by atoms with Gasteiger partial charge in [-0.2, -0.15) is 0 Å². The standard InChI is InChI=1S/C11H19N3O3S/c1-8(7-15)6-14-9-3-4-11(10(12)5-9)18(16,17)13-2/h3-5,8,13-15H,6-7,12H2,1-2H3. The molecule has 102 valence electrons. The molecule has 1 aromatic carbocycles. The molecule has 0 aliphatic heterocycles. The van der Waals surface area contributed by atoms with Gasteiger partial charge in [0.1, 0.15) is 4.90 Å². The third kappa shape index (κ3) is 3.59. The van der Waals surface area contributed by atoms with Crippen LogP contribution in [0.3, 0.4) is 0 Å². The summed E-state index contributed by atoms with van der Waals surface area (Å²) in [5, 5.41) is 12.0. The summed E-state index contributed by atoms with van der Waals surface area (Å²) in [6.45, 7) is 2.58. The largest absolute Gasteiger partial charge is 0.398 e. The number of rotatable bonds is 6. The SMILES string of the molecule is CNS(=O)(=O)c1ccc(NCC(C)CO)cc1N. The van der Waals surface area contributed by atoms with Gasteiger partial charge in [0.2, 0.25) is 10.0 Å². The normalized spacial score (nSPS) is 13.3. The zero-order valence-corrected chi connectivity index (χ0v) is 11.3. The molecule has 0 saturated heterocycles. The molecule has 1 rings (SSSR count). The monoisotopic (exact) mass is 273 g/mol. The van der Waals surface area contributed by atoms with Crippen molar-refractivity contribution in [2.45, 2.75) is 11.8 Å². The Kier molecular flexibility index (Phi) is 4.94. The fourth-order valence-electron chi connectivity index (χ4n) is 1.37. The Labute approximate surface area is 107 Å². The van der Waals surface area contributed by atoms with E-state index in [1.165, 1.54) is 13.1 Å². The number of nitrogen functional groups attached to an aromatic ring is 1. The van der Waals surface area contributed by atoms with Crippen LogP contribution in [0.4, 0.5) is 11.4 Å². The lowest BCUT2D eigenvalue weighted by Crippen LogP contribution is -2.20. The Morgan fingerprint density at radius 3 is 2.61 bits per heavy atom. The molecular formula is C11H19N3O3S. The van der Waals surface area contributed by atoms with Gasteiger partial charge in [0.25, 0.3) is 0 Å². The van der Waals surface area contributed by atoms with Crippen LogP contribution in [0.15, 0.2) is 23.1 Å². The second kappa shape index (κ2) is 6.03. The minimum absolute atomic E-state index is 0.0609. The van der Waals surface area contributed by atoms with Gasteiger partial charge in [-0.05, 0) is 31.2 Å². The number of anilines is 2. The van der Waals surface area contributed by atoms with Crippen LogP contribution in [-0.4, -0.2) is 33.7 Å². The highest BCUT2D eigenvalue weighted by atomic mass is 32.2. The van der Waals surface area contributed by atoms with E-state index in [-0.39, 0.29) is 23.1 Å². The average Bonchev–Trinajstić information content (AvgIpc) is 2.35. The predicted molar refractivity (Wildman–Crippen MR) is 71.8 cm³/mol. The molecule has 0 amide bonds. The Hall–Kier alpha value is -1.31. The summed E-state index contributed by atoms with van der Waals surface area (Å²) in [5.41, 5.74) is 6.62. The van der Waals surface area contributed by atoms with Gasteiger partial charge in [-0.3, -0.25) is 0 Å². The van der Waals surface area contributed by atoms with Gasteiger partial charge in [0.05, 0.1) is 5.69 Å². The van der Waals surface area contributed by atoms with Gasteiger partial charge in [0.15, 0.2) is 0 Å².